The molecule has 2 aromatic carbocycles. The number of hydrogen-bond donors (Lipinski definition) is 1. The number of halogens is 2. The number of ether oxygens (including phenoxy) is 1. The highest BCUT2D eigenvalue weighted by molar-refractivity contribution is 7.23. The molecule has 1 unspecified atom stereocenters. The van der Waals surface area contributed by atoms with Crippen LogP contribution in [0.4, 0.5) is 14.2 Å². The second kappa shape index (κ2) is 9.27. The third-order valence-electron chi connectivity index (χ3n) is 6.85. The van der Waals surface area contributed by atoms with Gasteiger partial charge in [-0.15, -0.1) is 11.3 Å². The van der Waals surface area contributed by atoms with Gasteiger partial charge in [0, 0.05) is 41.7 Å². The van der Waals surface area contributed by atoms with Gasteiger partial charge in [-0.1, -0.05) is 23.7 Å². The van der Waals surface area contributed by atoms with Crippen LogP contribution in [0.1, 0.15) is 22.3 Å². The van der Waals surface area contributed by atoms with Crippen LogP contribution in [-0.2, 0) is 0 Å². The molecule has 0 radical (unpaired) electrons. The molecule has 2 amide bonds. The van der Waals surface area contributed by atoms with E-state index in [-0.39, 0.29) is 65.8 Å². The molecule has 10 nitrogen and oxygen atoms in total. The van der Waals surface area contributed by atoms with Crippen LogP contribution in [0.2, 0.25) is 5.02 Å². The van der Waals surface area contributed by atoms with Gasteiger partial charge in [0.1, 0.15) is 29.5 Å². The molecule has 2 aliphatic heterocycles. The molecule has 0 bridgehead atoms. The Morgan fingerprint density at radius 1 is 1.32 bits per heavy atom. The summed E-state index contributed by atoms with van der Waals surface area (Å²) in [6, 6.07) is 7.76. The largest absolute Gasteiger partial charge is 0.491 e. The number of piperazine rings is 1. The Kier molecular flexibility index (Phi) is 5.89. The zero-order chi connectivity index (χ0) is 26.6. The zero-order valence-electron chi connectivity index (χ0n) is 19.7. The van der Waals surface area contributed by atoms with Gasteiger partial charge < -0.3 is 20.3 Å². The Labute approximate surface area is 224 Å². The second-order valence-corrected chi connectivity index (χ2v) is 10.4. The molecule has 38 heavy (non-hydrogen) atoms. The molecule has 6 rings (SSSR count). The standard InChI is InChI=1S/C25H19ClFN7O3S/c26-21-20(14-2-1-3-18-19(14)16(9-28)23(29)38-18)17(27)8-15-22(21)37-7-4-13-10-32(5-6-33(13)24(15)35)25(36)34-12-30-11-31-34/h1-3,8,11-13H,4-7,10,29H2. The van der Waals surface area contributed by atoms with Crippen molar-refractivity contribution in [2.45, 2.75) is 12.5 Å². The lowest BCUT2D eigenvalue weighted by Crippen LogP contribution is -2.58. The van der Waals surface area contributed by atoms with Crippen LogP contribution in [-0.4, -0.2) is 68.8 Å². The lowest BCUT2D eigenvalue weighted by atomic mass is 9.96. The van der Waals surface area contributed by atoms with E-state index in [0.29, 0.717) is 22.4 Å². The molecule has 1 fully saturated rings. The maximum absolute atomic E-state index is 15.8. The first kappa shape index (κ1) is 24.1. The van der Waals surface area contributed by atoms with E-state index in [0.717, 1.165) is 15.4 Å². The summed E-state index contributed by atoms with van der Waals surface area (Å²) in [6.45, 7) is 1.000. The highest BCUT2D eigenvalue weighted by Gasteiger charge is 2.37. The zero-order valence-corrected chi connectivity index (χ0v) is 21.3. The summed E-state index contributed by atoms with van der Waals surface area (Å²) < 4.78 is 23.6. The molecule has 2 aromatic heterocycles. The van der Waals surface area contributed by atoms with E-state index in [2.05, 4.69) is 16.2 Å². The Morgan fingerprint density at radius 2 is 2.16 bits per heavy atom. The highest BCUT2D eigenvalue weighted by Crippen LogP contribution is 2.46. The molecule has 13 heteroatoms. The van der Waals surface area contributed by atoms with Crippen molar-refractivity contribution in [3.63, 3.8) is 0 Å². The fourth-order valence-corrected chi connectivity index (χ4v) is 6.38. The number of thiophene rings is 1. The van der Waals surface area contributed by atoms with E-state index in [1.54, 1.807) is 28.0 Å². The first-order chi connectivity index (χ1) is 18.4. The number of carbonyl (C=O) groups excluding carboxylic acids is 2. The van der Waals surface area contributed by atoms with Crippen molar-refractivity contribution in [1.29, 1.82) is 5.26 Å². The summed E-state index contributed by atoms with van der Waals surface area (Å²) in [7, 11) is 0. The number of hydrogen-bond acceptors (Lipinski definition) is 8. The number of benzene rings is 2. The van der Waals surface area contributed by atoms with Gasteiger partial charge in [-0.05, 0) is 17.7 Å². The van der Waals surface area contributed by atoms with Crippen LogP contribution in [0, 0.1) is 17.1 Å². The number of fused-ring (bicyclic) bond motifs is 3. The number of nitriles is 1. The fourth-order valence-electron chi connectivity index (χ4n) is 5.08. The third-order valence-corrected chi connectivity index (χ3v) is 8.20. The van der Waals surface area contributed by atoms with E-state index in [4.69, 9.17) is 22.1 Å². The quantitative estimate of drug-likeness (QED) is 0.378. The number of anilines is 1. The van der Waals surface area contributed by atoms with Crippen molar-refractivity contribution < 1.29 is 18.7 Å². The van der Waals surface area contributed by atoms with Crippen LogP contribution in [0.25, 0.3) is 21.2 Å². The van der Waals surface area contributed by atoms with Crippen molar-refractivity contribution in [1.82, 2.24) is 24.6 Å². The highest BCUT2D eigenvalue weighted by atomic mass is 35.5. The minimum Gasteiger partial charge on any atom is -0.491 e. The predicted octanol–water partition coefficient (Wildman–Crippen LogP) is 3.98. The molecule has 1 atom stereocenters. The molecule has 1 saturated heterocycles. The Bertz CT molecular complexity index is 1650. The van der Waals surface area contributed by atoms with E-state index in [9.17, 15) is 14.9 Å². The lowest BCUT2D eigenvalue weighted by Gasteiger charge is -2.42. The predicted molar refractivity (Wildman–Crippen MR) is 139 cm³/mol. The molecule has 192 valence electrons. The summed E-state index contributed by atoms with van der Waals surface area (Å²) in [5, 5.41) is 14.3. The van der Waals surface area contributed by atoms with Crippen molar-refractivity contribution in [3.05, 3.63) is 58.9 Å². The van der Waals surface area contributed by atoms with Crippen molar-refractivity contribution in [2.24, 2.45) is 0 Å². The van der Waals surface area contributed by atoms with Crippen LogP contribution in [0.3, 0.4) is 0 Å². The SMILES string of the molecule is N#Cc1c(N)sc2cccc(-c3c(F)cc4c(c3Cl)OCCC3CN(C(=O)n5cncn5)CCN3C4=O)c12. The average Bonchev–Trinajstić information content (AvgIpc) is 3.56. The number of aromatic nitrogens is 3. The summed E-state index contributed by atoms with van der Waals surface area (Å²) in [5.41, 5.74) is 6.73. The molecular weight excluding hydrogens is 533 g/mol. The summed E-state index contributed by atoms with van der Waals surface area (Å²) in [5.74, 6) is -1.06. The maximum atomic E-state index is 15.8. The summed E-state index contributed by atoms with van der Waals surface area (Å²) in [6.07, 6.45) is 3.04. The first-order valence-electron chi connectivity index (χ1n) is 11.7. The van der Waals surface area contributed by atoms with Gasteiger partial charge in [0.25, 0.3) is 5.91 Å². The Morgan fingerprint density at radius 3 is 2.92 bits per heavy atom. The van der Waals surface area contributed by atoms with Gasteiger partial charge in [-0.25, -0.2) is 14.2 Å². The summed E-state index contributed by atoms with van der Waals surface area (Å²) >= 11 is 7.98. The second-order valence-electron chi connectivity index (χ2n) is 8.91. The normalized spacial score (nSPS) is 17.3. The average molecular weight is 552 g/mol. The molecule has 0 saturated carbocycles. The fraction of sp³-hybridized carbons (Fsp3) is 0.240. The minimum absolute atomic E-state index is 0.00881. The van der Waals surface area contributed by atoms with Crippen molar-refractivity contribution >= 4 is 50.0 Å². The van der Waals surface area contributed by atoms with Crippen LogP contribution < -0.4 is 10.5 Å². The van der Waals surface area contributed by atoms with Gasteiger partial charge in [-0.3, -0.25) is 4.79 Å². The Balaban J connectivity index is 1.38. The Hall–Kier alpha value is -4.21. The van der Waals surface area contributed by atoms with E-state index < -0.39 is 11.7 Å². The topological polar surface area (TPSA) is 130 Å². The van der Waals surface area contributed by atoms with Crippen LogP contribution in [0.15, 0.2) is 36.9 Å². The smallest absolute Gasteiger partial charge is 0.346 e. The van der Waals surface area contributed by atoms with E-state index >= 15 is 4.39 Å². The number of amides is 2. The van der Waals surface area contributed by atoms with Gasteiger partial charge in [-0.2, -0.15) is 15.0 Å². The molecule has 2 aliphatic rings. The molecule has 0 spiro atoms. The number of rotatable bonds is 1. The first-order valence-corrected chi connectivity index (χ1v) is 12.9. The lowest BCUT2D eigenvalue weighted by molar-refractivity contribution is 0.0431. The van der Waals surface area contributed by atoms with E-state index in [1.165, 1.54) is 24.0 Å². The maximum Gasteiger partial charge on any atom is 0.346 e. The van der Waals surface area contributed by atoms with Gasteiger partial charge in [0.15, 0.2) is 5.75 Å². The third kappa shape index (κ3) is 3.74. The number of carbonyl (C=O) groups is 2. The molecular formula is C25H19ClFN7O3S. The molecule has 0 aliphatic carbocycles. The summed E-state index contributed by atoms with van der Waals surface area (Å²) in [4.78, 5) is 33.4. The van der Waals surface area contributed by atoms with Gasteiger partial charge in [0.05, 0.1) is 28.8 Å². The van der Waals surface area contributed by atoms with Gasteiger partial charge >= 0.3 is 6.03 Å². The van der Waals surface area contributed by atoms with Crippen molar-refractivity contribution in [3.8, 4) is 22.9 Å². The molecule has 2 N–H and O–H groups in total. The number of nitrogens with zero attached hydrogens (tertiary/aromatic N) is 6. The van der Waals surface area contributed by atoms with Crippen LogP contribution in [0.5, 0.6) is 5.75 Å². The van der Waals surface area contributed by atoms with E-state index in [1.807, 2.05) is 0 Å². The molecule has 4 heterocycles. The number of nitrogen functional groups attached to an aromatic ring is 1. The van der Waals surface area contributed by atoms with Crippen molar-refractivity contribution in [2.75, 3.05) is 32.0 Å². The van der Waals surface area contributed by atoms with Gasteiger partial charge in [0.2, 0.25) is 0 Å². The number of nitrogens with two attached hydrogens (primary N) is 1. The molecule has 4 aromatic rings. The monoisotopic (exact) mass is 551 g/mol. The van der Waals surface area contributed by atoms with Crippen LogP contribution >= 0.6 is 22.9 Å². The minimum atomic E-state index is -0.719.